The van der Waals surface area contributed by atoms with E-state index in [9.17, 15) is 5.11 Å². The lowest BCUT2D eigenvalue weighted by atomic mass is 10.0. The zero-order chi connectivity index (χ0) is 14.9. The molecule has 0 aliphatic carbocycles. The third kappa shape index (κ3) is 2.11. The molecule has 4 nitrogen and oxygen atoms in total. The predicted octanol–water partition coefficient (Wildman–Crippen LogP) is 4.26. The minimum Gasteiger partial charge on any atom is -0.508 e. The maximum atomic E-state index is 9.34. The zero-order valence-corrected chi connectivity index (χ0v) is 11.6. The van der Waals surface area contributed by atoms with Crippen LogP contribution < -0.4 is 0 Å². The molecule has 0 bridgehead atoms. The molecule has 0 unspecified atom stereocenters. The third-order valence-corrected chi connectivity index (χ3v) is 3.57. The number of benzene rings is 3. The minimum absolute atomic E-state index is 0.210. The van der Waals surface area contributed by atoms with Crippen molar-refractivity contribution in [1.29, 1.82) is 0 Å². The van der Waals surface area contributed by atoms with Crippen molar-refractivity contribution in [2.24, 2.45) is 0 Å². The Bertz CT molecular complexity index is 937. The van der Waals surface area contributed by atoms with Crippen molar-refractivity contribution in [2.75, 3.05) is 0 Å². The Labute approximate surface area is 126 Å². The van der Waals surface area contributed by atoms with Crippen molar-refractivity contribution in [3.8, 4) is 28.6 Å². The topological polar surface area (TPSA) is 59.2 Å². The smallest absolute Gasteiger partial charge is 0.258 e. The standard InChI is InChI=1S/C18H12N2O2/c21-14-10-8-13(9-11-14)17-19-18(22-20-17)16-7-3-5-12-4-1-2-6-15(12)16/h1-11,21H. The fourth-order valence-corrected chi connectivity index (χ4v) is 2.47. The fourth-order valence-electron chi connectivity index (χ4n) is 2.47. The molecule has 1 heterocycles. The summed E-state index contributed by atoms with van der Waals surface area (Å²) in [5, 5.41) is 15.6. The van der Waals surface area contributed by atoms with Gasteiger partial charge in [-0.2, -0.15) is 4.98 Å². The highest BCUT2D eigenvalue weighted by Gasteiger charge is 2.12. The van der Waals surface area contributed by atoms with Crippen LogP contribution in [0.3, 0.4) is 0 Å². The van der Waals surface area contributed by atoms with Gasteiger partial charge in [-0.05, 0) is 41.1 Å². The highest BCUT2D eigenvalue weighted by Crippen LogP contribution is 2.29. The van der Waals surface area contributed by atoms with E-state index in [1.807, 2.05) is 30.3 Å². The molecule has 0 aliphatic rings. The molecular formula is C18H12N2O2. The zero-order valence-electron chi connectivity index (χ0n) is 11.6. The molecule has 4 aromatic rings. The molecule has 4 heteroatoms. The van der Waals surface area contributed by atoms with Gasteiger partial charge in [0.05, 0.1) is 0 Å². The van der Waals surface area contributed by atoms with E-state index >= 15 is 0 Å². The lowest BCUT2D eigenvalue weighted by molar-refractivity contribution is 0.432. The fraction of sp³-hybridized carbons (Fsp3) is 0. The molecule has 0 radical (unpaired) electrons. The molecule has 0 aliphatic heterocycles. The number of phenolic OH excluding ortho intramolecular Hbond substituents is 1. The predicted molar refractivity (Wildman–Crippen MR) is 84.3 cm³/mol. The van der Waals surface area contributed by atoms with Crippen molar-refractivity contribution in [2.45, 2.75) is 0 Å². The van der Waals surface area contributed by atoms with Gasteiger partial charge in [-0.3, -0.25) is 0 Å². The summed E-state index contributed by atoms with van der Waals surface area (Å²) in [6.07, 6.45) is 0. The van der Waals surface area contributed by atoms with Crippen molar-refractivity contribution < 1.29 is 9.63 Å². The van der Waals surface area contributed by atoms with E-state index in [1.165, 1.54) is 0 Å². The van der Waals surface area contributed by atoms with Crippen LogP contribution in [0.15, 0.2) is 71.3 Å². The molecule has 1 aromatic heterocycles. The largest absolute Gasteiger partial charge is 0.508 e. The molecule has 3 aromatic carbocycles. The summed E-state index contributed by atoms with van der Waals surface area (Å²) >= 11 is 0. The SMILES string of the molecule is Oc1ccc(-c2noc(-c3cccc4ccccc34)n2)cc1. The van der Waals surface area contributed by atoms with Crippen molar-refractivity contribution in [3.63, 3.8) is 0 Å². The number of phenols is 1. The molecule has 4 rings (SSSR count). The van der Waals surface area contributed by atoms with Crippen LogP contribution in [0.4, 0.5) is 0 Å². The van der Waals surface area contributed by atoms with Crippen LogP contribution in [-0.2, 0) is 0 Å². The van der Waals surface area contributed by atoms with Gasteiger partial charge in [0, 0.05) is 11.1 Å². The van der Waals surface area contributed by atoms with Crippen LogP contribution >= 0.6 is 0 Å². The first-order valence-electron chi connectivity index (χ1n) is 6.92. The third-order valence-electron chi connectivity index (χ3n) is 3.57. The second kappa shape index (κ2) is 5.00. The summed E-state index contributed by atoms with van der Waals surface area (Å²) in [4.78, 5) is 4.47. The van der Waals surface area contributed by atoms with Gasteiger partial charge in [0.1, 0.15) is 5.75 Å². The van der Waals surface area contributed by atoms with Gasteiger partial charge >= 0.3 is 0 Å². The molecule has 0 saturated heterocycles. The average Bonchev–Trinajstić information content (AvgIpc) is 3.05. The summed E-state index contributed by atoms with van der Waals surface area (Å²) in [6, 6.07) is 20.8. The van der Waals surface area contributed by atoms with E-state index in [1.54, 1.807) is 24.3 Å². The van der Waals surface area contributed by atoms with Crippen LogP contribution in [-0.4, -0.2) is 15.2 Å². The number of hydrogen-bond acceptors (Lipinski definition) is 4. The first kappa shape index (κ1) is 12.6. The van der Waals surface area contributed by atoms with E-state index in [2.05, 4.69) is 22.3 Å². The van der Waals surface area contributed by atoms with Crippen LogP contribution in [0.5, 0.6) is 5.75 Å². The Balaban J connectivity index is 1.82. The molecule has 0 atom stereocenters. The van der Waals surface area contributed by atoms with Gasteiger partial charge < -0.3 is 9.63 Å². The van der Waals surface area contributed by atoms with E-state index in [0.29, 0.717) is 11.7 Å². The first-order chi connectivity index (χ1) is 10.8. The van der Waals surface area contributed by atoms with Gasteiger partial charge in [0.15, 0.2) is 0 Å². The number of nitrogens with zero attached hydrogens (tertiary/aromatic N) is 2. The summed E-state index contributed by atoms with van der Waals surface area (Å²) in [5.41, 5.74) is 1.71. The van der Waals surface area contributed by atoms with Gasteiger partial charge in [-0.1, -0.05) is 41.6 Å². The Morgan fingerprint density at radius 2 is 1.59 bits per heavy atom. The highest BCUT2D eigenvalue weighted by molar-refractivity contribution is 5.94. The number of aromatic nitrogens is 2. The second-order valence-corrected chi connectivity index (χ2v) is 5.00. The average molecular weight is 288 g/mol. The first-order valence-corrected chi connectivity index (χ1v) is 6.92. The molecule has 0 saturated carbocycles. The number of hydrogen-bond donors (Lipinski definition) is 1. The van der Waals surface area contributed by atoms with Crippen LogP contribution in [0.1, 0.15) is 0 Å². The molecule has 1 N–H and O–H groups in total. The van der Waals surface area contributed by atoms with Crippen molar-refractivity contribution in [1.82, 2.24) is 10.1 Å². The number of fused-ring (bicyclic) bond motifs is 1. The van der Waals surface area contributed by atoms with Crippen molar-refractivity contribution in [3.05, 3.63) is 66.7 Å². The van der Waals surface area contributed by atoms with Gasteiger partial charge in [0.25, 0.3) is 5.89 Å². The minimum atomic E-state index is 0.210. The van der Waals surface area contributed by atoms with Crippen LogP contribution in [0, 0.1) is 0 Å². The number of aromatic hydroxyl groups is 1. The van der Waals surface area contributed by atoms with E-state index in [4.69, 9.17) is 4.52 Å². The maximum Gasteiger partial charge on any atom is 0.258 e. The summed E-state index contributed by atoms with van der Waals surface area (Å²) in [7, 11) is 0. The van der Waals surface area contributed by atoms with E-state index in [0.717, 1.165) is 21.9 Å². The summed E-state index contributed by atoms with van der Waals surface area (Å²) in [5.74, 6) is 1.20. The molecule has 22 heavy (non-hydrogen) atoms. The summed E-state index contributed by atoms with van der Waals surface area (Å²) < 4.78 is 5.42. The van der Waals surface area contributed by atoms with Crippen molar-refractivity contribution >= 4 is 10.8 Å². The molecule has 106 valence electrons. The molecule has 0 amide bonds. The summed E-state index contributed by atoms with van der Waals surface area (Å²) in [6.45, 7) is 0. The second-order valence-electron chi connectivity index (χ2n) is 5.00. The maximum absolute atomic E-state index is 9.34. The molecule has 0 fully saturated rings. The van der Waals surface area contributed by atoms with Crippen LogP contribution in [0.2, 0.25) is 0 Å². The monoisotopic (exact) mass is 288 g/mol. The van der Waals surface area contributed by atoms with Crippen LogP contribution in [0.25, 0.3) is 33.6 Å². The lowest BCUT2D eigenvalue weighted by Gasteiger charge is -2.01. The quantitative estimate of drug-likeness (QED) is 0.598. The Hall–Kier alpha value is -3.14. The van der Waals surface area contributed by atoms with Gasteiger partial charge in [0.2, 0.25) is 5.82 Å². The Kier molecular flexibility index (Phi) is 2.86. The molecular weight excluding hydrogens is 276 g/mol. The lowest BCUT2D eigenvalue weighted by Crippen LogP contribution is -1.82. The van der Waals surface area contributed by atoms with E-state index < -0.39 is 0 Å². The van der Waals surface area contributed by atoms with Gasteiger partial charge in [-0.15, -0.1) is 0 Å². The van der Waals surface area contributed by atoms with Gasteiger partial charge in [-0.25, -0.2) is 0 Å². The Morgan fingerprint density at radius 3 is 2.45 bits per heavy atom. The normalized spacial score (nSPS) is 10.9. The Morgan fingerprint density at radius 1 is 0.818 bits per heavy atom. The number of rotatable bonds is 2. The van der Waals surface area contributed by atoms with E-state index in [-0.39, 0.29) is 5.75 Å². The highest BCUT2D eigenvalue weighted by atomic mass is 16.5. The molecule has 0 spiro atoms.